The molecule has 0 aliphatic carbocycles. The predicted molar refractivity (Wildman–Crippen MR) is 97.3 cm³/mol. The van der Waals surface area contributed by atoms with Crippen molar-refractivity contribution in [3.8, 4) is 0 Å². The van der Waals surface area contributed by atoms with Gasteiger partial charge in [0.1, 0.15) is 6.42 Å². The molecule has 0 radical (unpaired) electrons. The molecule has 0 spiro atoms. The molecule has 0 saturated carbocycles. The van der Waals surface area contributed by atoms with Crippen molar-refractivity contribution in [2.75, 3.05) is 11.9 Å². The van der Waals surface area contributed by atoms with Crippen molar-refractivity contribution in [3.63, 3.8) is 0 Å². The van der Waals surface area contributed by atoms with Crippen molar-refractivity contribution in [1.82, 2.24) is 5.32 Å². The molecular weight excluding hydrogens is 324 g/mol. The standard InChI is InChI=1S/C19H21ClN2O2/c1-13-6-7-14(2)17(10-13)22-19(24)12-18(23)21-9-8-15-4-3-5-16(20)11-15/h3-7,10-11H,8-9,12H2,1-2H3,(H,21,23)(H,22,24). The number of carbonyl (C=O) groups is 2. The van der Waals surface area contributed by atoms with Crippen LogP contribution in [0, 0.1) is 13.8 Å². The molecule has 126 valence electrons. The van der Waals surface area contributed by atoms with Gasteiger partial charge in [0.05, 0.1) is 0 Å². The third kappa shape index (κ3) is 5.70. The van der Waals surface area contributed by atoms with Crippen molar-refractivity contribution in [2.45, 2.75) is 26.7 Å². The summed E-state index contributed by atoms with van der Waals surface area (Å²) in [6.07, 6.45) is 0.480. The number of hydrogen-bond donors (Lipinski definition) is 2. The molecule has 0 aromatic heterocycles. The van der Waals surface area contributed by atoms with Crippen molar-refractivity contribution in [1.29, 1.82) is 0 Å². The first-order valence-electron chi connectivity index (χ1n) is 7.82. The van der Waals surface area contributed by atoms with Gasteiger partial charge in [-0.15, -0.1) is 0 Å². The molecule has 0 heterocycles. The first kappa shape index (κ1) is 18.0. The zero-order valence-corrected chi connectivity index (χ0v) is 14.6. The van der Waals surface area contributed by atoms with E-state index in [0.29, 0.717) is 18.0 Å². The van der Waals surface area contributed by atoms with Crippen molar-refractivity contribution < 1.29 is 9.59 Å². The van der Waals surface area contributed by atoms with Crippen LogP contribution < -0.4 is 10.6 Å². The maximum atomic E-state index is 12.0. The van der Waals surface area contributed by atoms with E-state index in [9.17, 15) is 9.59 Å². The second-order valence-corrected chi connectivity index (χ2v) is 6.21. The number of amides is 2. The molecule has 2 amide bonds. The molecule has 2 N–H and O–H groups in total. The van der Waals surface area contributed by atoms with E-state index in [-0.39, 0.29) is 18.2 Å². The lowest BCUT2D eigenvalue weighted by molar-refractivity contribution is -0.126. The number of anilines is 1. The van der Waals surface area contributed by atoms with Gasteiger partial charge in [-0.25, -0.2) is 0 Å². The Labute approximate surface area is 147 Å². The third-order valence-electron chi connectivity index (χ3n) is 3.61. The van der Waals surface area contributed by atoms with Gasteiger partial charge in [0.25, 0.3) is 0 Å². The molecule has 24 heavy (non-hydrogen) atoms. The van der Waals surface area contributed by atoms with Crippen LogP contribution in [0.3, 0.4) is 0 Å². The fraction of sp³-hybridized carbons (Fsp3) is 0.263. The van der Waals surface area contributed by atoms with Gasteiger partial charge in [-0.3, -0.25) is 9.59 Å². The minimum absolute atomic E-state index is 0.192. The van der Waals surface area contributed by atoms with Crippen LogP contribution in [-0.2, 0) is 16.0 Å². The van der Waals surface area contributed by atoms with Crippen LogP contribution in [0.1, 0.15) is 23.1 Å². The summed E-state index contributed by atoms with van der Waals surface area (Å²) in [6, 6.07) is 13.3. The summed E-state index contributed by atoms with van der Waals surface area (Å²) in [5, 5.41) is 6.20. The maximum absolute atomic E-state index is 12.0. The third-order valence-corrected chi connectivity index (χ3v) is 3.85. The van der Waals surface area contributed by atoms with Crippen molar-refractivity contribution in [2.24, 2.45) is 0 Å². The molecule has 0 saturated heterocycles. The van der Waals surface area contributed by atoms with Crippen molar-refractivity contribution in [3.05, 3.63) is 64.2 Å². The molecule has 4 nitrogen and oxygen atoms in total. The number of carbonyl (C=O) groups excluding carboxylic acids is 2. The quantitative estimate of drug-likeness (QED) is 0.786. The number of rotatable bonds is 6. The average molecular weight is 345 g/mol. The second kappa shape index (κ2) is 8.50. The highest BCUT2D eigenvalue weighted by Gasteiger charge is 2.10. The molecule has 0 aliphatic rings. The normalized spacial score (nSPS) is 10.3. The van der Waals surface area contributed by atoms with Gasteiger partial charge in [0.2, 0.25) is 11.8 Å². The van der Waals surface area contributed by atoms with Crippen molar-refractivity contribution >= 4 is 29.1 Å². The molecule has 5 heteroatoms. The number of halogens is 1. The van der Waals surface area contributed by atoms with E-state index in [1.807, 2.05) is 50.2 Å². The highest BCUT2D eigenvalue weighted by Crippen LogP contribution is 2.16. The van der Waals surface area contributed by atoms with Crippen LogP contribution in [0.15, 0.2) is 42.5 Å². The lowest BCUT2D eigenvalue weighted by atomic mass is 10.1. The Bertz CT molecular complexity index is 744. The molecule has 0 unspecified atom stereocenters. The van der Waals surface area contributed by atoms with E-state index < -0.39 is 0 Å². The Morgan fingerprint density at radius 1 is 1.04 bits per heavy atom. The fourth-order valence-electron chi connectivity index (χ4n) is 2.31. The molecule has 0 fully saturated rings. The number of benzene rings is 2. The van der Waals surface area contributed by atoms with Crippen LogP contribution >= 0.6 is 11.6 Å². The molecule has 2 aromatic carbocycles. The van der Waals surface area contributed by atoms with Gasteiger partial charge < -0.3 is 10.6 Å². The van der Waals surface area contributed by atoms with E-state index in [1.165, 1.54) is 0 Å². The lowest BCUT2D eigenvalue weighted by Gasteiger charge is -2.10. The zero-order chi connectivity index (χ0) is 17.5. The lowest BCUT2D eigenvalue weighted by Crippen LogP contribution is -2.29. The Morgan fingerprint density at radius 2 is 1.83 bits per heavy atom. The number of nitrogens with one attached hydrogen (secondary N) is 2. The van der Waals surface area contributed by atoms with E-state index in [0.717, 1.165) is 22.4 Å². The Hall–Kier alpha value is -2.33. The number of hydrogen-bond acceptors (Lipinski definition) is 2. The maximum Gasteiger partial charge on any atom is 0.233 e. The molecule has 2 aromatic rings. The summed E-state index contributed by atoms with van der Waals surface area (Å²) in [5.74, 6) is -0.608. The van der Waals surface area contributed by atoms with Gasteiger partial charge in [-0.05, 0) is 55.2 Å². The van der Waals surface area contributed by atoms with Crippen LogP contribution in [0.2, 0.25) is 5.02 Å². The summed E-state index contributed by atoms with van der Waals surface area (Å²) in [7, 11) is 0. The van der Waals surface area contributed by atoms with Crippen LogP contribution in [0.4, 0.5) is 5.69 Å². The van der Waals surface area contributed by atoms with Gasteiger partial charge in [-0.1, -0.05) is 35.9 Å². The van der Waals surface area contributed by atoms with E-state index in [2.05, 4.69) is 10.6 Å². The van der Waals surface area contributed by atoms with Crippen LogP contribution in [0.25, 0.3) is 0 Å². The smallest absolute Gasteiger partial charge is 0.233 e. The molecular formula is C19H21ClN2O2. The van der Waals surface area contributed by atoms with Gasteiger partial charge in [-0.2, -0.15) is 0 Å². The highest BCUT2D eigenvalue weighted by molar-refractivity contribution is 6.30. The minimum Gasteiger partial charge on any atom is -0.355 e. The first-order valence-corrected chi connectivity index (χ1v) is 8.20. The van der Waals surface area contributed by atoms with Gasteiger partial charge in [0, 0.05) is 17.3 Å². The Kier molecular flexibility index (Phi) is 6.38. The fourth-order valence-corrected chi connectivity index (χ4v) is 2.52. The molecule has 0 bridgehead atoms. The second-order valence-electron chi connectivity index (χ2n) is 5.77. The molecule has 0 atom stereocenters. The summed E-state index contributed by atoms with van der Waals surface area (Å²) in [4.78, 5) is 23.8. The van der Waals surface area contributed by atoms with Gasteiger partial charge in [0.15, 0.2) is 0 Å². The topological polar surface area (TPSA) is 58.2 Å². The predicted octanol–water partition coefficient (Wildman–Crippen LogP) is 3.64. The Morgan fingerprint density at radius 3 is 2.58 bits per heavy atom. The summed E-state index contributed by atoms with van der Waals surface area (Å²) in [6.45, 7) is 4.34. The highest BCUT2D eigenvalue weighted by atomic mass is 35.5. The van der Waals surface area contributed by atoms with E-state index in [4.69, 9.17) is 11.6 Å². The zero-order valence-electron chi connectivity index (χ0n) is 13.9. The largest absolute Gasteiger partial charge is 0.355 e. The van der Waals surface area contributed by atoms with Crippen LogP contribution in [0.5, 0.6) is 0 Å². The minimum atomic E-state index is -0.316. The number of aryl methyl sites for hydroxylation is 2. The SMILES string of the molecule is Cc1ccc(C)c(NC(=O)CC(=O)NCCc2cccc(Cl)c2)c1. The summed E-state index contributed by atoms with van der Waals surface area (Å²) >= 11 is 5.92. The van der Waals surface area contributed by atoms with E-state index in [1.54, 1.807) is 6.07 Å². The van der Waals surface area contributed by atoms with Gasteiger partial charge >= 0.3 is 0 Å². The average Bonchev–Trinajstić information content (AvgIpc) is 2.51. The summed E-state index contributed by atoms with van der Waals surface area (Å²) in [5.41, 5.74) is 3.81. The first-order chi connectivity index (χ1) is 11.4. The summed E-state index contributed by atoms with van der Waals surface area (Å²) < 4.78 is 0. The Balaban J connectivity index is 1.77. The molecule has 0 aliphatic heterocycles. The van der Waals surface area contributed by atoms with E-state index >= 15 is 0 Å². The van der Waals surface area contributed by atoms with Crippen LogP contribution in [-0.4, -0.2) is 18.4 Å². The monoisotopic (exact) mass is 344 g/mol. The molecule has 2 rings (SSSR count).